The summed E-state index contributed by atoms with van der Waals surface area (Å²) >= 11 is 11.7. The average Bonchev–Trinajstić information content (AvgIpc) is 2.67. The minimum Gasteiger partial charge on any atom is -0.456 e. The predicted octanol–water partition coefficient (Wildman–Crippen LogP) is 4.91. The Hall–Kier alpha value is -2.78. The van der Waals surface area contributed by atoms with E-state index in [-0.39, 0.29) is 23.6 Å². The Kier molecular flexibility index (Phi) is 8.08. The number of hydrogen-bond donors (Lipinski definition) is 2. The van der Waals surface area contributed by atoms with Crippen molar-refractivity contribution in [2.24, 2.45) is 0 Å². The van der Waals surface area contributed by atoms with Crippen molar-refractivity contribution in [2.75, 3.05) is 17.2 Å². The van der Waals surface area contributed by atoms with Crippen LogP contribution in [0.15, 0.2) is 42.5 Å². The molecule has 0 aliphatic rings. The number of carbonyl (C=O) groups excluding carboxylic acids is 3. The number of ether oxygens (including phenoxy) is 1. The van der Waals surface area contributed by atoms with Crippen LogP contribution >= 0.6 is 23.2 Å². The molecule has 0 unspecified atom stereocenters. The first-order valence-corrected chi connectivity index (χ1v) is 9.18. The van der Waals surface area contributed by atoms with Crippen molar-refractivity contribution in [1.29, 1.82) is 0 Å². The van der Waals surface area contributed by atoms with E-state index in [9.17, 15) is 27.6 Å². The van der Waals surface area contributed by atoms with E-state index in [0.717, 1.165) is 12.1 Å². The summed E-state index contributed by atoms with van der Waals surface area (Å²) in [7, 11) is 0. The highest BCUT2D eigenvalue weighted by atomic mass is 35.5. The Morgan fingerprint density at radius 3 is 2.17 bits per heavy atom. The lowest BCUT2D eigenvalue weighted by atomic mass is 10.2. The van der Waals surface area contributed by atoms with Crippen molar-refractivity contribution in [1.82, 2.24) is 0 Å². The van der Waals surface area contributed by atoms with Gasteiger partial charge in [-0.1, -0.05) is 35.3 Å². The number of carbonyl (C=O) groups is 3. The Morgan fingerprint density at radius 1 is 0.867 bits per heavy atom. The van der Waals surface area contributed by atoms with Gasteiger partial charge in [0, 0.05) is 6.42 Å². The van der Waals surface area contributed by atoms with Gasteiger partial charge in [-0.05, 0) is 30.3 Å². The Labute approximate surface area is 179 Å². The summed E-state index contributed by atoms with van der Waals surface area (Å²) in [6.07, 6.45) is -5.14. The fraction of sp³-hybridized carbons (Fsp3) is 0.211. The van der Waals surface area contributed by atoms with E-state index in [1.54, 1.807) is 24.3 Å². The van der Waals surface area contributed by atoms with Crippen molar-refractivity contribution in [3.8, 4) is 0 Å². The van der Waals surface area contributed by atoms with E-state index in [1.807, 2.05) is 0 Å². The number of nitrogens with one attached hydrogen (secondary N) is 2. The molecule has 11 heteroatoms. The van der Waals surface area contributed by atoms with Gasteiger partial charge in [0.15, 0.2) is 6.61 Å². The van der Waals surface area contributed by atoms with Gasteiger partial charge in [-0.3, -0.25) is 14.4 Å². The number of halogens is 5. The molecule has 2 aromatic rings. The van der Waals surface area contributed by atoms with Gasteiger partial charge >= 0.3 is 12.1 Å². The third-order valence-corrected chi connectivity index (χ3v) is 4.30. The van der Waals surface area contributed by atoms with Gasteiger partial charge in [-0.25, -0.2) is 0 Å². The summed E-state index contributed by atoms with van der Waals surface area (Å²) in [5.74, 6) is -2.21. The van der Waals surface area contributed by atoms with Crippen LogP contribution in [0.5, 0.6) is 0 Å². The number of amides is 2. The van der Waals surface area contributed by atoms with Crippen LogP contribution in [0.2, 0.25) is 10.0 Å². The van der Waals surface area contributed by atoms with Crippen molar-refractivity contribution in [3.63, 3.8) is 0 Å². The fourth-order valence-electron chi connectivity index (χ4n) is 2.19. The third kappa shape index (κ3) is 7.23. The molecular formula is C19H15Cl2F3N2O4. The molecule has 0 aliphatic carbocycles. The molecule has 0 saturated carbocycles. The predicted molar refractivity (Wildman–Crippen MR) is 105 cm³/mol. The minimum absolute atomic E-state index is 0.112. The van der Waals surface area contributed by atoms with Crippen LogP contribution in [0.4, 0.5) is 24.5 Å². The van der Waals surface area contributed by atoms with Crippen LogP contribution in [-0.4, -0.2) is 24.4 Å². The van der Waals surface area contributed by atoms with Crippen molar-refractivity contribution < 1.29 is 32.3 Å². The molecule has 0 saturated heterocycles. The lowest BCUT2D eigenvalue weighted by Crippen LogP contribution is -2.22. The standard InChI is InChI=1S/C19H15Cl2F3N2O4/c20-12-3-1-2-4-14(12)25-16(27)7-8-18(29)30-10-17(28)26-15-9-11(19(22,23)24)5-6-13(15)21/h1-6,9H,7-8,10H2,(H,25,27)(H,26,28). The molecule has 2 aromatic carbocycles. The monoisotopic (exact) mass is 462 g/mol. The molecule has 2 amide bonds. The van der Waals surface area contributed by atoms with Crippen LogP contribution in [0.25, 0.3) is 0 Å². The molecule has 0 aromatic heterocycles. The Morgan fingerprint density at radius 2 is 1.50 bits per heavy atom. The second-order valence-electron chi connectivity index (χ2n) is 5.93. The maximum atomic E-state index is 12.7. The molecule has 0 aliphatic heterocycles. The highest BCUT2D eigenvalue weighted by Crippen LogP contribution is 2.33. The number of anilines is 2. The molecule has 0 spiro atoms. The number of hydrogen-bond acceptors (Lipinski definition) is 4. The highest BCUT2D eigenvalue weighted by Gasteiger charge is 2.31. The van der Waals surface area contributed by atoms with Gasteiger partial charge in [0.1, 0.15) is 0 Å². The van der Waals surface area contributed by atoms with Gasteiger partial charge in [-0.2, -0.15) is 13.2 Å². The molecule has 0 fully saturated rings. The Balaban J connectivity index is 1.79. The van der Waals surface area contributed by atoms with E-state index in [0.29, 0.717) is 16.8 Å². The molecule has 30 heavy (non-hydrogen) atoms. The van der Waals surface area contributed by atoms with Crippen LogP contribution < -0.4 is 10.6 Å². The molecule has 0 bridgehead atoms. The molecule has 0 atom stereocenters. The van der Waals surface area contributed by atoms with Crippen LogP contribution in [0, 0.1) is 0 Å². The van der Waals surface area contributed by atoms with Gasteiger partial charge < -0.3 is 15.4 Å². The molecule has 2 N–H and O–H groups in total. The summed E-state index contributed by atoms with van der Waals surface area (Å²) in [6, 6.07) is 8.96. The lowest BCUT2D eigenvalue weighted by Gasteiger charge is -2.12. The van der Waals surface area contributed by atoms with Crippen molar-refractivity contribution >= 4 is 52.4 Å². The molecule has 0 radical (unpaired) electrons. The first-order valence-electron chi connectivity index (χ1n) is 8.43. The zero-order valence-electron chi connectivity index (χ0n) is 15.2. The molecule has 0 heterocycles. The zero-order chi connectivity index (χ0) is 22.3. The fourth-order valence-corrected chi connectivity index (χ4v) is 2.54. The van der Waals surface area contributed by atoms with Crippen LogP contribution in [-0.2, 0) is 25.3 Å². The number of benzene rings is 2. The minimum atomic E-state index is -4.61. The van der Waals surface area contributed by atoms with Crippen molar-refractivity contribution in [3.05, 3.63) is 58.1 Å². The zero-order valence-corrected chi connectivity index (χ0v) is 16.7. The Bertz CT molecular complexity index is 952. The smallest absolute Gasteiger partial charge is 0.416 e. The number of rotatable bonds is 7. The van der Waals surface area contributed by atoms with Gasteiger partial charge in [-0.15, -0.1) is 0 Å². The van der Waals surface area contributed by atoms with Crippen LogP contribution in [0.1, 0.15) is 18.4 Å². The quantitative estimate of drug-likeness (QED) is 0.572. The largest absolute Gasteiger partial charge is 0.456 e. The van der Waals surface area contributed by atoms with E-state index >= 15 is 0 Å². The molecule has 2 rings (SSSR count). The first kappa shape index (κ1) is 23.5. The number of alkyl halides is 3. The van der Waals surface area contributed by atoms with Gasteiger partial charge in [0.2, 0.25) is 5.91 Å². The first-order chi connectivity index (χ1) is 14.1. The van der Waals surface area contributed by atoms with Crippen molar-refractivity contribution in [2.45, 2.75) is 19.0 Å². The second kappa shape index (κ2) is 10.3. The lowest BCUT2D eigenvalue weighted by molar-refractivity contribution is -0.147. The van der Waals surface area contributed by atoms with E-state index in [1.165, 1.54) is 0 Å². The summed E-state index contributed by atoms with van der Waals surface area (Å²) in [5.41, 5.74) is -0.884. The molecule has 160 valence electrons. The topological polar surface area (TPSA) is 84.5 Å². The average molecular weight is 463 g/mol. The van der Waals surface area contributed by atoms with E-state index in [4.69, 9.17) is 27.9 Å². The second-order valence-corrected chi connectivity index (χ2v) is 6.74. The molecular weight excluding hydrogens is 448 g/mol. The van der Waals surface area contributed by atoms with Gasteiger partial charge in [0.05, 0.1) is 33.4 Å². The maximum absolute atomic E-state index is 12.7. The SMILES string of the molecule is O=C(CCC(=O)OCC(=O)Nc1cc(C(F)(F)F)ccc1Cl)Nc1ccccc1Cl. The maximum Gasteiger partial charge on any atom is 0.416 e. The molecule has 6 nitrogen and oxygen atoms in total. The van der Waals surface area contributed by atoms with E-state index < -0.39 is 36.1 Å². The summed E-state index contributed by atoms with van der Waals surface area (Å²) in [5, 5.41) is 4.88. The number of esters is 1. The van der Waals surface area contributed by atoms with Crippen LogP contribution in [0.3, 0.4) is 0 Å². The summed E-state index contributed by atoms with van der Waals surface area (Å²) < 4.78 is 42.9. The highest BCUT2D eigenvalue weighted by molar-refractivity contribution is 6.34. The van der Waals surface area contributed by atoms with E-state index in [2.05, 4.69) is 10.6 Å². The summed E-state index contributed by atoms with van der Waals surface area (Å²) in [6.45, 7) is -0.752. The number of para-hydroxylation sites is 1. The summed E-state index contributed by atoms with van der Waals surface area (Å²) in [4.78, 5) is 35.4. The normalized spacial score (nSPS) is 11.0. The van der Waals surface area contributed by atoms with Gasteiger partial charge in [0.25, 0.3) is 5.91 Å². The third-order valence-electron chi connectivity index (χ3n) is 3.64.